The molecule has 1 aromatic heterocycles. The molecule has 0 aromatic carbocycles. The van der Waals surface area contributed by atoms with Crippen molar-refractivity contribution in [2.45, 2.75) is 44.8 Å². The molecule has 8 heteroatoms. The van der Waals surface area contributed by atoms with Crippen molar-refractivity contribution in [3.63, 3.8) is 0 Å². The first-order valence-electron chi connectivity index (χ1n) is 6.32. The minimum atomic E-state index is -4.30. The number of aromatic nitrogens is 1. The zero-order valence-electron chi connectivity index (χ0n) is 11.1. The van der Waals surface area contributed by atoms with Crippen molar-refractivity contribution in [1.82, 2.24) is 10.3 Å². The number of hydrogen-bond acceptors (Lipinski definition) is 5. The molecule has 1 saturated carbocycles. The molecule has 4 nitrogen and oxygen atoms in total. The average Bonchev–Trinajstić information content (AvgIpc) is 3.09. The lowest BCUT2D eigenvalue weighted by atomic mass is 10.3. The van der Waals surface area contributed by atoms with Crippen molar-refractivity contribution in [2.24, 2.45) is 0 Å². The molecule has 1 aromatic rings. The SMILES string of the molecule is COCc1nc(COCC(F)(F)F)sc1CNC1CC1. The lowest BCUT2D eigenvalue weighted by Gasteiger charge is -2.05. The van der Waals surface area contributed by atoms with Crippen molar-refractivity contribution in [1.29, 1.82) is 0 Å². The summed E-state index contributed by atoms with van der Waals surface area (Å²) in [6.45, 7) is -0.329. The van der Waals surface area contributed by atoms with Gasteiger partial charge in [-0.05, 0) is 12.8 Å². The van der Waals surface area contributed by atoms with E-state index in [1.54, 1.807) is 7.11 Å². The summed E-state index contributed by atoms with van der Waals surface area (Å²) in [7, 11) is 1.57. The third-order valence-electron chi connectivity index (χ3n) is 2.72. The average molecular weight is 310 g/mol. The van der Waals surface area contributed by atoms with E-state index in [2.05, 4.69) is 15.0 Å². The number of rotatable bonds is 8. The molecule has 1 aliphatic carbocycles. The van der Waals surface area contributed by atoms with E-state index in [0.29, 0.717) is 24.2 Å². The highest BCUT2D eigenvalue weighted by molar-refractivity contribution is 7.11. The van der Waals surface area contributed by atoms with E-state index < -0.39 is 12.8 Å². The van der Waals surface area contributed by atoms with Gasteiger partial charge in [0.2, 0.25) is 0 Å². The molecule has 0 aliphatic heterocycles. The third-order valence-corrected chi connectivity index (χ3v) is 3.79. The molecule has 0 spiro atoms. The van der Waals surface area contributed by atoms with Crippen LogP contribution in [0, 0.1) is 0 Å². The Morgan fingerprint density at radius 2 is 2.10 bits per heavy atom. The fraction of sp³-hybridized carbons (Fsp3) is 0.750. The Balaban J connectivity index is 1.89. The van der Waals surface area contributed by atoms with Crippen LogP contribution in [-0.2, 0) is 29.2 Å². The second kappa shape index (κ2) is 6.84. The normalized spacial score (nSPS) is 15.8. The van der Waals surface area contributed by atoms with Crippen LogP contribution in [0.4, 0.5) is 13.2 Å². The predicted molar refractivity (Wildman–Crippen MR) is 68.4 cm³/mol. The molecule has 0 radical (unpaired) electrons. The lowest BCUT2D eigenvalue weighted by Crippen LogP contribution is -2.16. The molecule has 1 fully saturated rings. The number of ether oxygens (including phenoxy) is 2. The number of hydrogen-bond donors (Lipinski definition) is 1. The Morgan fingerprint density at radius 1 is 1.35 bits per heavy atom. The summed E-state index contributed by atoms with van der Waals surface area (Å²) < 4.78 is 45.7. The molecular formula is C12H17F3N2O2S. The number of thiazole rings is 1. The fourth-order valence-electron chi connectivity index (χ4n) is 1.66. The predicted octanol–water partition coefficient (Wildman–Crippen LogP) is 2.62. The Labute approximate surface area is 119 Å². The monoisotopic (exact) mass is 310 g/mol. The standard InChI is InChI=1S/C12H17F3N2O2S/c1-18-5-9-10(4-16-8-2-3-8)20-11(17-9)6-19-7-12(13,14)15/h8,16H,2-7H2,1H3. The van der Waals surface area contributed by atoms with Crippen molar-refractivity contribution >= 4 is 11.3 Å². The highest BCUT2D eigenvalue weighted by Crippen LogP contribution is 2.24. The summed E-state index contributed by atoms with van der Waals surface area (Å²) in [4.78, 5) is 5.28. The maximum absolute atomic E-state index is 12.0. The van der Waals surface area contributed by atoms with Crippen LogP contribution in [0.15, 0.2) is 0 Å². The molecule has 1 aliphatic rings. The minimum absolute atomic E-state index is 0.121. The smallest absolute Gasteiger partial charge is 0.378 e. The van der Waals surface area contributed by atoms with Crippen LogP contribution in [0.1, 0.15) is 28.4 Å². The molecule has 20 heavy (non-hydrogen) atoms. The first kappa shape index (κ1) is 15.7. The van der Waals surface area contributed by atoms with Crippen molar-refractivity contribution in [2.75, 3.05) is 13.7 Å². The van der Waals surface area contributed by atoms with Gasteiger partial charge in [0.1, 0.15) is 11.6 Å². The maximum atomic E-state index is 12.0. The number of nitrogens with zero attached hydrogens (tertiary/aromatic N) is 1. The fourth-order valence-corrected chi connectivity index (χ4v) is 2.63. The van der Waals surface area contributed by atoms with E-state index in [1.807, 2.05) is 0 Å². The molecular weight excluding hydrogens is 293 g/mol. The van der Waals surface area contributed by atoms with Gasteiger partial charge >= 0.3 is 6.18 Å². The van der Waals surface area contributed by atoms with Gasteiger partial charge in [-0.1, -0.05) is 0 Å². The molecule has 2 rings (SSSR count). The van der Waals surface area contributed by atoms with E-state index in [4.69, 9.17) is 4.74 Å². The van der Waals surface area contributed by atoms with Crippen LogP contribution < -0.4 is 5.32 Å². The molecule has 0 atom stereocenters. The largest absolute Gasteiger partial charge is 0.411 e. The van der Waals surface area contributed by atoms with Crippen LogP contribution in [-0.4, -0.2) is 30.9 Å². The van der Waals surface area contributed by atoms with Crippen LogP contribution in [0.3, 0.4) is 0 Å². The number of alkyl halides is 3. The summed E-state index contributed by atoms with van der Waals surface area (Å²) in [5, 5.41) is 3.91. The van der Waals surface area contributed by atoms with E-state index in [0.717, 1.165) is 10.6 Å². The van der Waals surface area contributed by atoms with Crippen LogP contribution in [0.5, 0.6) is 0 Å². The van der Waals surface area contributed by atoms with Gasteiger partial charge in [-0.25, -0.2) is 4.98 Å². The van der Waals surface area contributed by atoms with E-state index >= 15 is 0 Å². The van der Waals surface area contributed by atoms with Crippen molar-refractivity contribution < 1.29 is 22.6 Å². The van der Waals surface area contributed by atoms with Crippen LogP contribution >= 0.6 is 11.3 Å². The van der Waals surface area contributed by atoms with Crippen LogP contribution in [0.2, 0.25) is 0 Å². The number of nitrogens with one attached hydrogen (secondary N) is 1. The quantitative estimate of drug-likeness (QED) is 0.801. The zero-order valence-corrected chi connectivity index (χ0v) is 11.9. The van der Waals surface area contributed by atoms with Gasteiger partial charge in [0.25, 0.3) is 0 Å². The van der Waals surface area contributed by atoms with Crippen molar-refractivity contribution in [3.05, 3.63) is 15.6 Å². The second-order valence-electron chi connectivity index (χ2n) is 4.67. The first-order chi connectivity index (χ1) is 9.48. The third kappa shape index (κ3) is 5.35. The van der Waals surface area contributed by atoms with E-state index in [-0.39, 0.29) is 6.61 Å². The Morgan fingerprint density at radius 3 is 2.70 bits per heavy atom. The van der Waals surface area contributed by atoms with Gasteiger partial charge in [0, 0.05) is 24.6 Å². The van der Waals surface area contributed by atoms with Crippen molar-refractivity contribution in [3.8, 4) is 0 Å². The Kier molecular flexibility index (Phi) is 5.36. The van der Waals surface area contributed by atoms with Gasteiger partial charge in [0.05, 0.1) is 18.9 Å². The highest BCUT2D eigenvalue weighted by atomic mass is 32.1. The van der Waals surface area contributed by atoms with Gasteiger partial charge in [-0.15, -0.1) is 11.3 Å². The summed E-state index contributed by atoms with van der Waals surface area (Å²) in [6, 6.07) is 0.567. The molecule has 0 bridgehead atoms. The summed E-state index contributed by atoms with van der Waals surface area (Å²) in [5.74, 6) is 0. The molecule has 0 saturated heterocycles. The molecule has 1 heterocycles. The number of halogens is 3. The highest BCUT2D eigenvalue weighted by Gasteiger charge is 2.27. The van der Waals surface area contributed by atoms with Gasteiger partial charge in [-0.3, -0.25) is 0 Å². The molecule has 0 unspecified atom stereocenters. The summed E-state index contributed by atoms with van der Waals surface area (Å²) in [6.07, 6.45) is -1.94. The van der Waals surface area contributed by atoms with Gasteiger partial charge in [0.15, 0.2) is 0 Å². The Hall–Kier alpha value is -0.700. The summed E-state index contributed by atoms with van der Waals surface area (Å²) >= 11 is 1.37. The topological polar surface area (TPSA) is 43.4 Å². The molecule has 0 amide bonds. The van der Waals surface area contributed by atoms with Gasteiger partial charge in [-0.2, -0.15) is 13.2 Å². The first-order valence-corrected chi connectivity index (χ1v) is 7.14. The van der Waals surface area contributed by atoms with E-state index in [1.165, 1.54) is 24.2 Å². The molecule has 1 N–H and O–H groups in total. The summed E-state index contributed by atoms with van der Waals surface area (Å²) in [5.41, 5.74) is 0.774. The van der Waals surface area contributed by atoms with Gasteiger partial charge < -0.3 is 14.8 Å². The second-order valence-corrected chi connectivity index (χ2v) is 5.84. The molecule has 114 valence electrons. The lowest BCUT2D eigenvalue weighted by molar-refractivity contribution is -0.176. The van der Waals surface area contributed by atoms with E-state index in [9.17, 15) is 13.2 Å². The zero-order chi connectivity index (χ0) is 14.6. The Bertz CT molecular complexity index is 433. The number of methoxy groups -OCH3 is 1. The minimum Gasteiger partial charge on any atom is -0.378 e. The maximum Gasteiger partial charge on any atom is 0.411 e. The van der Waals surface area contributed by atoms with Crippen LogP contribution in [0.25, 0.3) is 0 Å².